The average molecular weight is 516 g/mol. The smallest absolute Gasteiger partial charge is 0.242 e. The van der Waals surface area contributed by atoms with Gasteiger partial charge in [0.15, 0.2) is 0 Å². The van der Waals surface area contributed by atoms with Crippen LogP contribution in [0.3, 0.4) is 0 Å². The molecule has 1 aromatic heterocycles. The Bertz CT molecular complexity index is 1140. The standard InChI is InChI=1S/C23H20Br2N2O2/c24-19-2-1-15-9-17(10-16(15)11-19)22-13-18-12-20(25)3-4-21(18)27(22)14-23(28)26-5-7-29-8-6-26/h1-4,9,11-13H,5-8,10,14H2. The van der Waals surface area contributed by atoms with Crippen LogP contribution in [-0.2, 0) is 22.5 Å². The van der Waals surface area contributed by atoms with Gasteiger partial charge in [0.2, 0.25) is 5.91 Å². The Morgan fingerprint density at radius 1 is 1.00 bits per heavy atom. The van der Waals surface area contributed by atoms with Gasteiger partial charge in [-0.2, -0.15) is 0 Å². The Labute approximate surface area is 186 Å². The third-order valence-corrected chi connectivity index (χ3v) is 6.65. The molecule has 2 aliphatic rings. The van der Waals surface area contributed by atoms with Crippen molar-refractivity contribution in [1.82, 2.24) is 9.47 Å². The highest BCUT2D eigenvalue weighted by atomic mass is 79.9. The Kier molecular flexibility index (Phi) is 5.10. The van der Waals surface area contributed by atoms with Crippen molar-refractivity contribution in [3.05, 3.63) is 68.2 Å². The Morgan fingerprint density at radius 3 is 2.59 bits per heavy atom. The van der Waals surface area contributed by atoms with Crippen LogP contribution in [-0.4, -0.2) is 41.7 Å². The van der Waals surface area contributed by atoms with Crippen molar-refractivity contribution in [2.45, 2.75) is 13.0 Å². The summed E-state index contributed by atoms with van der Waals surface area (Å²) >= 11 is 7.15. The van der Waals surface area contributed by atoms with Crippen LogP contribution in [0.15, 0.2) is 51.4 Å². The van der Waals surface area contributed by atoms with Crippen molar-refractivity contribution in [3.63, 3.8) is 0 Å². The Balaban J connectivity index is 1.55. The van der Waals surface area contributed by atoms with Crippen LogP contribution in [0.25, 0.3) is 22.6 Å². The largest absolute Gasteiger partial charge is 0.378 e. The maximum absolute atomic E-state index is 13.0. The van der Waals surface area contributed by atoms with Crippen LogP contribution in [0.5, 0.6) is 0 Å². The summed E-state index contributed by atoms with van der Waals surface area (Å²) in [6, 6.07) is 14.9. The minimum Gasteiger partial charge on any atom is -0.378 e. The number of halogens is 2. The molecule has 1 aliphatic carbocycles. The van der Waals surface area contributed by atoms with Gasteiger partial charge >= 0.3 is 0 Å². The van der Waals surface area contributed by atoms with Crippen LogP contribution in [0, 0.1) is 0 Å². The first kappa shape index (κ1) is 19.1. The van der Waals surface area contributed by atoms with Gasteiger partial charge in [-0.25, -0.2) is 0 Å². The fraction of sp³-hybridized carbons (Fsp3) is 0.261. The molecule has 4 nitrogen and oxygen atoms in total. The second-order valence-electron chi connectivity index (χ2n) is 7.50. The van der Waals surface area contributed by atoms with Crippen molar-refractivity contribution in [3.8, 4) is 0 Å². The molecule has 148 valence electrons. The van der Waals surface area contributed by atoms with E-state index >= 15 is 0 Å². The minimum atomic E-state index is 0.147. The van der Waals surface area contributed by atoms with Crippen molar-refractivity contribution in [1.29, 1.82) is 0 Å². The molecule has 0 N–H and O–H groups in total. The maximum Gasteiger partial charge on any atom is 0.242 e. The number of ether oxygens (including phenoxy) is 1. The van der Waals surface area contributed by atoms with E-state index in [1.807, 2.05) is 11.0 Å². The number of hydrogen-bond acceptors (Lipinski definition) is 2. The van der Waals surface area contributed by atoms with Gasteiger partial charge in [0, 0.05) is 45.1 Å². The first-order valence-corrected chi connectivity index (χ1v) is 11.3. The maximum atomic E-state index is 13.0. The zero-order valence-corrected chi connectivity index (χ0v) is 19.0. The highest BCUT2D eigenvalue weighted by Gasteiger charge is 2.23. The number of aromatic nitrogens is 1. The molecule has 29 heavy (non-hydrogen) atoms. The molecule has 1 amide bonds. The summed E-state index contributed by atoms with van der Waals surface area (Å²) in [6.45, 7) is 2.92. The number of fused-ring (bicyclic) bond motifs is 2. The van der Waals surface area contributed by atoms with Crippen molar-refractivity contribution in [2.75, 3.05) is 26.3 Å². The molecule has 5 rings (SSSR count). The quantitative estimate of drug-likeness (QED) is 0.485. The fourth-order valence-electron chi connectivity index (χ4n) is 4.20. The lowest BCUT2D eigenvalue weighted by molar-refractivity contribution is -0.135. The van der Waals surface area contributed by atoms with E-state index < -0.39 is 0 Å². The predicted molar refractivity (Wildman–Crippen MR) is 123 cm³/mol. The zero-order chi connectivity index (χ0) is 20.0. The van der Waals surface area contributed by atoms with Crippen molar-refractivity contribution < 1.29 is 9.53 Å². The summed E-state index contributed by atoms with van der Waals surface area (Å²) in [5.41, 5.74) is 6.02. The normalized spacial score (nSPS) is 16.2. The third kappa shape index (κ3) is 3.69. The number of rotatable bonds is 3. The monoisotopic (exact) mass is 514 g/mol. The summed E-state index contributed by atoms with van der Waals surface area (Å²) < 4.78 is 9.71. The van der Waals surface area contributed by atoms with E-state index in [9.17, 15) is 4.79 Å². The molecule has 1 aliphatic heterocycles. The lowest BCUT2D eigenvalue weighted by Crippen LogP contribution is -2.42. The molecule has 3 aromatic rings. The molecule has 0 spiro atoms. The van der Waals surface area contributed by atoms with Gasteiger partial charge < -0.3 is 14.2 Å². The van der Waals surface area contributed by atoms with E-state index in [4.69, 9.17) is 4.74 Å². The number of morpholine rings is 1. The molecule has 0 saturated carbocycles. The highest BCUT2D eigenvalue weighted by molar-refractivity contribution is 9.10. The van der Waals surface area contributed by atoms with Gasteiger partial charge in [-0.1, -0.05) is 37.9 Å². The third-order valence-electron chi connectivity index (χ3n) is 5.67. The summed E-state index contributed by atoms with van der Waals surface area (Å²) in [5, 5.41) is 1.14. The van der Waals surface area contributed by atoms with E-state index in [1.54, 1.807) is 0 Å². The molecule has 0 bridgehead atoms. The molecule has 1 saturated heterocycles. The van der Waals surface area contributed by atoms with Crippen LogP contribution < -0.4 is 0 Å². The van der Waals surface area contributed by atoms with Crippen molar-refractivity contribution >= 4 is 60.3 Å². The van der Waals surface area contributed by atoms with E-state index in [0.29, 0.717) is 32.8 Å². The Hall–Kier alpha value is -1.89. The lowest BCUT2D eigenvalue weighted by Gasteiger charge is -2.27. The molecule has 0 unspecified atom stereocenters. The molecule has 2 aromatic carbocycles. The lowest BCUT2D eigenvalue weighted by atomic mass is 10.1. The second kappa shape index (κ2) is 7.74. The summed E-state index contributed by atoms with van der Waals surface area (Å²) in [4.78, 5) is 14.9. The summed E-state index contributed by atoms with van der Waals surface area (Å²) in [5.74, 6) is 0.147. The zero-order valence-electron chi connectivity index (χ0n) is 15.8. The molecular weight excluding hydrogens is 496 g/mol. The van der Waals surface area contributed by atoms with Crippen LogP contribution in [0.1, 0.15) is 16.8 Å². The van der Waals surface area contributed by atoms with Gasteiger partial charge in [-0.05, 0) is 59.2 Å². The van der Waals surface area contributed by atoms with Gasteiger partial charge in [-0.15, -0.1) is 0 Å². The molecular formula is C23H20Br2N2O2. The van der Waals surface area contributed by atoms with Crippen LogP contribution in [0.4, 0.5) is 0 Å². The van der Waals surface area contributed by atoms with E-state index in [2.05, 4.69) is 78.9 Å². The molecule has 6 heteroatoms. The summed E-state index contributed by atoms with van der Waals surface area (Å²) in [6.07, 6.45) is 3.12. The molecule has 2 heterocycles. The number of carbonyl (C=O) groups excluding carboxylic acids is 1. The number of amides is 1. The average Bonchev–Trinajstić information content (AvgIpc) is 3.29. The summed E-state index contributed by atoms with van der Waals surface area (Å²) in [7, 11) is 0. The van der Waals surface area contributed by atoms with Gasteiger partial charge in [0.1, 0.15) is 6.54 Å². The fourth-order valence-corrected chi connectivity index (χ4v) is 4.99. The Morgan fingerprint density at radius 2 is 1.76 bits per heavy atom. The molecule has 1 fully saturated rings. The van der Waals surface area contributed by atoms with Gasteiger partial charge in [0.05, 0.1) is 13.2 Å². The SMILES string of the molecule is O=C(Cn1c(C2=Cc3ccc(Br)cc3C2)cc2cc(Br)ccc21)N1CCOCC1. The van der Waals surface area contributed by atoms with Gasteiger partial charge in [-0.3, -0.25) is 4.79 Å². The second-order valence-corrected chi connectivity index (χ2v) is 9.33. The van der Waals surface area contributed by atoms with E-state index in [1.165, 1.54) is 16.7 Å². The van der Waals surface area contributed by atoms with E-state index in [0.717, 1.165) is 32.0 Å². The minimum absolute atomic E-state index is 0.147. The van der Waals surface area contributed by atoms with Gasteiger partial charge in [0.25, 0.3) is 0 Å². The van der Waals surface area contributed by atoms with Crippen molar-refractivity contribution in [2.24, 2.45) is 0 Å². The number of carbonyl (C=O) groups is 1. The first-order chi connectivity index (χ1) is 14.1. The first-order valence-electron chi connectivity index (χ1n) is 9.72. The predicted octanol–water partition coefficient (Wildman–Crippen LogP) is 5.12. The number of nitrogens with zero attached hydrogens (tertiary/aromatic N) is 2. The number of hydrogen-bond donors (Lipinski definition) is 0. The molecule has 0 radical (unpaired) electrons. The van der Waals surface area contributed by atoms with Crippen LogP contribution in [0.2, 0.25) is 0 Å². The van der Waals surface area contributed by atoms with Crippen LogP contribution >= 0.6 is 31.9 Å². The highest BCUT2D eigenvalue weighted by Crippen LogP contribution is 2.36. The number of allylic oxidation sites excluding steroid dienone is 1. The molecule has 0 atom stereocenters. The number of benzene rings is 2. The topological polar surface area (TPSA) is 34.5 Å². The van der Waals surface area contributed by atoms with E-state index in [-0.39, 0.29) is 5.91 Å².